The van der Waals surface area contributed by atoms with E-state index in [9.17, 15) is 4.91 Å². The van der Waals surface area contributed by atoms with Gasteiger partial charge in [0.2, 0.25) is 0 Å². The van der Waals surface area contributed by atoms with Gasteiger partial charge in [0, 0.05) is 6.07 Å². The highest BCUT2D eigenvalue weighted by molar-refractivity contribution is 5.58. The molecule has 0 aliphatic carbocycles. The second-order valence-electron chi connectivity index (χ2n) is 4.16. The van der Waals surface area contributed by atoms with Crippen molar-refractivity contribution in [2.24, 2.45) is 5.18 Å². The monoisotopic (exact) mass is 257 g/mol. The van der Waals surface area contributed by atoms with Gasteiger partial charge in [-0.3, -0.25) is 0 Å². The number of nitrogens with zero attached hydrogens (tertiary/aromatic N) is 1. The van der Waals surface area contributed by atoms with Crippen molar-refractivity contribution in [3.63, 3.8) is 0 Å². The van der Waals surface area contributed by atoms with E-state index in [1.54, 1.807) is 19.2 Å². The summed E-state index contributed by atoms with van der Waals surface area (Å²) in [6, 6.07) is 13.1. The van der Waals surface area contributed by atoms with Crippen LogP contribution in [-0.2, 0) is 6.61 Å². The third-order valence-corrected chi connectivity index (χ3v) is 2.81. The van der Waals surface area contributed by atoms with E-state index < -0.39 is 0 Å². The molecule has 2 aromatic rings. The molecule has 0 fully saturated rings. The zero-order chi connectivity index (χ0) is 13.7. The Morgan fingerprint density at radius 2 is 1.84 bits per heavy atom. The van der Waals surface area contributed by atoms with Crippen LogP contribution in [0.5, 0.6) is 11.5 Å². The molecular weight excluding hydrogens is 242 g/mol. The van der Waals surface area contributed by atoms with E-state index in [-0.39, 0.29) is 5.69 Å². The maximum atomic E-state index is 10.8. The van der Waals surface area contributed by atoms with Crippen molar-refractivity contribution in [3.8, 4) is 11.5 Å². The Hall–Kier alpha value is -2.36. The molecule has 0 unspecified atom stereocenters. The Kier molecular flexibility index (Phi) is 4.13. The zero-order valence-corrected chi connectivity index (χ0v) is 10.9. The summed E-state index contributed by atoms with van der Waals surface area (Å²) in [4.78, 5) is 10.8. The molecule has 0 aromatic heterocycles. The summed E-state index contributed by atoms with van der Waals surface area (Å²) in [5.74, 6) is 1.10. The van der Waals surface area contributed by atoms with Crippen molar-refractivity contribution in [2.75, 3.05) is 7.11 Å². The van der Waals surface area contributed by atoms with Crippen LogP contribution in [0.2, 0.25) is 0 Å². The Balaban J connectivity index is 2.20. The molecule has 0 heterocycles. The van der Waals surface area contributed by atoms with E-state index in [1.807, 2.05) is 37.3 Å². The number of methoxy groups -OCH3 is 1. The van der Waals surface area contributed by atoms with E-state index in [4.69, 9.17) is 9.47 Å². The molecule has 0 amide bonds. The molecule has 0 saturated heterocycles. The molecule has 4 heteroatoms. The van der Waals surface area contributed by atoms with Crippen LogP contribution in [0.1, 0.15) is 11.1 Å². The second-order valence-corrected chi connectivity index (χ2v) is 4.16. The summed E-state index contributed by atoms with van der Waals surface area (Å²) >= 11 is 0. The summed E-state index contributed by atoms with van der Waals surface area (Å²) in [5.41, 5.74) is 2.18. The highest BCUT2D eigenvalue weighted by Gasteiger charge is 2.10. The van der Waals surface area contributed by atoms with Crippen LogP contribution in [0, 0.1) is 11.8 Å². The number of ether oxygens (including phenoxy) is 2. The summed E-state index contributed by atoms with van der Waals surface area (Å²) in [6.45, 7) is 2.29. The molecule has 19 heavy (non-hydrogen) atoms. The van der Waals surface area contributed by atoms with Gasteiger partial charge in [0.05, 0.1) is 7.11 Å². The lowest BCUT2D eigenvalue weighted by atomic mass is 10.2. The third-order valence-electron chi connectivity index (χ3n) is 2.81. The van der Waals surface area contributed by atoms with Crippen molar-refractivity contribution in [2.45, 2.75) is 13.5 Å². The summed E-state index contributed by atoms with van der Waals surface area (Å²) in [5, 5.41) is 2.98. The molecule has 0 bridgehead atoms. The summed E-state index contributed by atoms with van der Waals surface area (Å²) in [6.07, 6.45) is 0. The van der Waals surface area contributed by atoms with Gasteiger partial charge in [-0.1, -0.05) is 30.3 Å². The Labute approximate surface area is 112 Å². The van der Waals surface area contributed by atoms with Crippen LogP contribution in [0.4, 0.5) is 5.69 Å². The number of nitroso groups, excluding NO2 is 1. The Morgan fingerprint density at radius 3 is 2.47 bits per heavy atom. The quantitative estimate of drug-likeness (QED) is 0.761. The molecule has 0 N–H and O–H groups in total. The molecular formula is C15H15NO3. The van der Waals surface area contributed by atoms with Crippen LogP contribution < -0.4 is 9.47 Å². The molecule has 4 nitrogen and oxygen atoms in total. The van der Waals surface area contributed by atoms with Crippen LogP contribution in [0.3, 0.4) is 0 Å². The van der Waals surface area contributed by atoms with Gasteiger partial charge in [-0.2, -0.15) is 0 Å². The summed E-state index contributed by atoms with van der Waals surface area (Å²) in [7, 11) is 1.56. The molecule has 0 spiro atoms. The molecule has 0 atom stereocenters. The zero-order valence-electron chi connectivity index (χ0n) is 10.9. The molecule has 0 saturated carbocycles. The first-order valence-electron chi connectivity index (χ1n) is 5.93. The van der Waals surface area contributed by atoms with E-state index in [0.29, 0.717) is 18.1 Å². The van der Waals surface area contributed by atoms with Gasteiger partial charge in [-0.05, 0) is 29.3 Å². The average molecular weight is 257 g/mol. The smallest absolute Gasteiger partial charge is 0.153 e. The number of rotatable bonds is 5. The molecule has 98 valence electrons. The van der Waals surface area contributed by atoms with E-state index in [1.165, 1.54) is 0 Å². The van der Waals surface area contributed by atoms with Crippen molar-refractivity contribution in [3.05, 3.63) is 58.5 Å². The number of hydrogen-bond acceptors (Lipinski definition) is 4. The first kappa shape index (κ1) is 13.1. The third kappa shape index (κ3) is 3.10. The topological polar surface area (TPSA) is 47.9 Å². The van der Waals surface area contributed by atoms with Gasteiger partial charge in [-0.15, -0.1) is 4.91 Å². The van der Waals surface area contributed by atoms with Crippen LogP contribution >= 0.6 is 0 Å². The maximum absolute atomic E-state index is 10.8. The molecule has 2 rings (SSSR count). The number of benzene rings is 2. The number of aryl methyl sites for hydroxylation is 1. The van der Waals surface area contributed by atoms with Crippen LogP contribution in [0.25, 0.3) is 0 Å². The Morgan fingerprint density at radius 1 is 1.11 bits per heavy atom. The van der Waals surface area contributed by atoms with Gasteiger partial charge in [0.1, 0.15) is 18.1 Å². The van der Waals surface area contributed by atoms with Crippen molar-refractivity contribution in [1.82, 2.24) is 0 Å². The largest absolute Gasteiger partial charge is 0.496 e. The lowest BCUT2D eigenvalue weighted by Crippen LogP contribution is -1.96. The predicted octanol–water partition coefficient (Wildman–Crippen LogP) is 3.98. The van der Waals surface area contributed by atoms with Gasteiger partial charge < -0.3 is 9.47 Å². The van der Waals surface area contributed by atoms with Crippen molar-refractivity contribution >= 4 is 5.69 Å². The van der Waals surface area contributed by atoms with Crippen LogP contribution in [-0.4, -0.2) is 7.11 Å². The minimum atomic E-state index is 0.249. The maximum Gasteiger partial charge on any atom is 0.153 e. The predicted molar refractivity (Wildman–Crippen MR) is 74.0 cm³/mol. The second kappa shape index (κ2) is 6.00. The first-order valence-corrected chi connectivity index (χ1v) is 5.93. The standard InChI is InChI=1S/C15H15NO3/c1-11-8-15(13(16-17)9-14(11)18-2)19-10-12-6-4-3-5-7-12/h3-9H,10H2,1-2H3. The average Bonchev–Trinajstić information content (AvgIpc) is 2.46. The van der Waals surface area contributed by atoms with E-state index in [0.717, 1.165) is 11.1 Å². The van der Waals surface area contributed by atoms with Gasteiger partial charge in [0.15, 0.2) is 5.69 Å². The SMILES string of the molecule is COc1cc(N=O)c(OCc2ccccc2)cc1C. The van der Waals surface area contributed by atoms with Gasteiger partial charge in [0.25, 0.3) is 0 Å². The van der Waals surface area contributed by atoms with Crippen molar-refractivity contribution < 1.29 is 9.47 Å². The fourth-order valence-electron chi connectivity index (χ4n) is 1.79. The minimum Gasteiger partial charge on any atom is -0.496 e. The lowest BCUT2D eigenvalue weighted by molar-refractivity contribution is 0.306. The molecule has 0 aliphatic heterocycles. The lowest BCUT2D eigenvalue weighted by Gasteiger charge is -2.11. The minimum absolute atomic E-state index is 0.249. The molecule has 0 aliphatic rings. The van der Waals surface area contributed by atoms with Crippen LogP contribution in [0.15, 0.2) is 47.6 Å². The fraction of sp³-hybridized carbons (Fsp3) is 0.200. The van der Waals surface area contributed by atoms with Gasteiger partial charge in [-0.25, -0.2) is 0 Å². The Bertz CT molecular complexity index is 567. The highest BCUT2D eigenvalue weighted by atomic mass is 16.5. The molecule has 0 radical (unpaired) electrons. The van der Waals surface area contributed by atoms with E-state index >= 15 is 0 Å². The highest BCUT2D eigenvalue weighted by Crippen LogP contribution is 2.34. The fourth-order valence-corrected chi connectivity index (χ4v) is 1.79. The number of hydrogen-bond donors (Lipinski definition) is 0. The van der Waals surface area contributed by atoms with Gasteiger partial charge >= 0.3 is 0 Å². The van der Waals surface area contributed by atoms with Crippen molar-refractivity contribution in [1.29, 1.82) is 0 Å². The first-order chi connectivity index (χ1) is 9.24. The normalized spacial score (nSPS) is 10.0. The summed E-state index contributed by atoms with van der Waals surface area (Å²) < 4.78 is 10.8. The van der Waals surface area contributed by atoms with E-state index in [2.05, 4.69) is 5.18 Å². The molecule has 2 aromatic carbocycles.